The zero-order valence-corrected chi connectivity index (χ0v) is 21.8. The highest BCUT2D eigenvalue weighted by molar-refractivity contribution is 5.95. The zero-order chi connectivity index (χ0) is 25.5. The van der Waals surface area contributed by atoms with Gasteiger partial charge in [0.1, 0.15) is 17.7 Å². The molecule has 2 saturated carbocycles. The second kappa shape index (κ2) is 12.9. The second-order valence-electron chi connectivity index (χ2n) is 11.1. The molecule has 0 aromatic carbocycles. The first-order valence-corrected chi connectivity index (χ1v) is 13.2. The van der Waals surface area contributed by atoms with E-state index in [2.05, 4.69) is 10.6 Å². The van der Waals surface area contributed by atoms with Crippen molar-refractivity contribution >= 4 is 17.8 Å². The van der Waals surface area contributed by atoms with Crippen LogP contribution in [0.5, 0.6) is 0 Å². The van der Waals surface area contributed by atoms with E-state index in [9.17, 15) is 19.5 Å². The van der Waals surface area contributed by atoms with Gasteiger partial charge >= 0.3 is 5.97 Å². The number of aliphatic hydroxyl groups is 1. The molecule has 0 radical (unpaired) electrons. The third-order valence-electron chi connectivity index (χ3n) is 7.95. The van der Waals surface area contributed by atoms with Crippen LogP contribution >= 0.6 is 0 Å². The van der Waals surface area contributed by atoms with E-state index in [4.69, 9.17) is 10.5 Å². The first-order valence-electron chi connectivity index (χ1n) is 13.2. The van der Waals surface area contributed by atoms with Crippen molar-refractivity contribution in [3.63, 3.8) is 0 Å². The summed E-state index contributed by atoms with van der Waals surface area (Å²) >= 11 is 0. The summed E-state index contributed by atoms with van der Waals surface area (Å²) in [4.78, 5) is 39.5. The molecule has 2 unspecified atom stereocenters. The van der Waals surface area contributed by atoms with Gasteiger partial charge in [-0.1, -0.05) is 72.6 Å². The molecule has 0 saturated heterocycles. The Morgan fingerprint density at radius 2 is 1.56 bits per heavy atom. The van der Waals surface area contributed by atoms with Gasteiger partial charge in [-0.25, -0.2) is 4.79 Å². The molecule has 2 fully saturated rings. The Morgan fingerprint density at radius 1 is 1.00 bits per heavy atom. The Hall–Kier alpha value is -1.67. The Morgan fingerprint density at radius 3 is 2.06 bits per heavy atom. The van der Waals surface area contributed by atoms with Crippen LogP contribution in [0.25, 0.3) is 0 Å². The number of carbonyl (C=O) groups is 3. The molecule has 0 aromatic rings. The maximum Gasteiger partial charge on any atom is 0.328 e. The van der Waals surface area contributed by atoms with Gasteiger partial charge in [0.05, 0.1) is 7.11 Å². The van der Waals surface area contributed by atoms with Crippen LogP contribution < -0.4 is 16.4 Å². The molecule has 196 valence electrons. The molecule has 0 aliphatic heterocycles. The molecule has 5 N–H and O–H groups in total. The lowest BCUT2D eigenvalue weighted by atomic mass is 9.73. The number of esters is 1. The number of aliphatic hydroxyl groups excluding tert-OH is 1. The minimum atomic E-state index is -1.66. The van der Waals surface area contributed by atoms with Crippen LogP contribution in [0.1, 0.15) is 91.9 Å². The minimum absolute atomic E-state index is 0.186. The van der Waals surface area contributed by atoms with Crippen LogP contribution in [0.15, 0.2) is 0 Å². The van der Waals surface area contributed by atoms with Crippen LogP contribution in [0.4, 0.5) is 0 Å². The number of methoxy groups -OCH3 is 1. The fourth-order valence-electron chi connectivity index (χ4n) is 5.67. The van der Waals surface area contributed by atoms with E-state index < -0.39 is 41.5 Å². The molecule has 0 spiro atoms. The van der Waals surface area contributed by atoms with Gasteiger partial charge in [-0.05, 0) is 37.0 Å². The first kappa shape index (κ1) is 28.6. The summed E-state index contributed by atoms with van der Waals surface area (Å²) < 4.78 is 4.89. The van der Waals surface area contributed by atoms with Gasteiger partial charge < -0.3 is 26.2 Å². The largest absolute Gasteiger partial charge is 0.467 e. The van der Waals surface area contributed by atoms with Gasteiger partial charge in [0.2, 0.25) is 11.8 Å². The van der Waals surface area contributed by atoms with Gasteiger partial charge in [0.15, 0.2) is 0 Å². The summed E-state index contributed by atoms with van der Waals surface area (Å²) in [6.07, 6.45) is 8.41. The molecule has 0 bridgehead atoms. The van der Waals surface area contributed by atoms with Crippen molar-refractivity contribution in [2.24, 2.45) is 29.4 Å². The Balaban J connectivity index is 2.37. The molecule has 4 atom stereocenters. The Labute approximate surface area is 205 Å². The highest BCUT2D eigenvalue weighted by Crippen LogP contribution is 2.33. The number of amides is 2. The average Bonchev–Trinajstić information content (AvgIpc) is 3.35. The quantitative estimate of drug-likeness (QED) is 0.336. The van der Waals surface area contributed by atoms with Crippen LogP contribution in [0.3, 0.4) is 0 Å². The maximum absolute atomic E-state index is 13.9. The van der Waals surface area contributed by atoms with E-state index in [0.717, 1.165) is 51.4 Å². The summed E-state index contributed by atoms with van der Waals surface area (Å²) in [7, 11) is 1.27. The molecule has 8 heteroatoms. The zero-order valence-electron chi connectivity index (χ0n) is 21.8. The third-order valence-corrected chi connectivity index (χ3v) is 7.95. The lowest BCUT2D eigenvalue weighted by Crippen LogP contribution is -2.73. The number of ether oxygens (including phenoxy) is 1. The Bertz CT molecular complexity index is 686. The van der Waals surface area contributed by atoms with Crippen molar-refractivity contribution in [3.05, 3.63) is 0 Å². The SMILES string of the molecule is COC(=O)C(NC(=O)C(NC(=O)C1CCCC1)(C(C)C)[C@H](O)[C@H](N)CC1CCCCC1)C(C)C. The number of nitrogens with two attached hydrogens (primary N) is 1. The van der Waals surface area contributed by atoms with Gasteiger partial charge in [0, 0.05) is 12.0 Å². The van der Waals surface area contributed by atoms with Crippen molar-refractivity contribution in [3.8, 4) is 0 Å². The molecule has 0 aromatic heterocycles. The molecular formula is C26H47N3O5. The number of carbonyl (C=O) groups excluding carboxylic acids is 3. The molecule has 34 heavy (non-hydrogen) atoms. The normalized spacial score (nSPS) is 22.1. The number of hydrogen-bond donors (Lipinski definition) is 4. The molecule has 2 amide bonds. The molecule has 8 nitrogen and oxygen atoms in total. The fraction of sp³-hybridized carbons (Fsp3) is 0.885. The first-order chi connectivity index (χ1) is 16.0. The van der Waals surface area contributed by atoms with E-state index in [1.54, 1.807) is 27.7 Å². The molecule has 2 aliphatic carbocycles. The molecule has 2 aliphatic rings. The molecule has 2 rings (SSSR count). The maximum atomic E-state index is 13.9. The van der Waals surface area contributed by atoms with Crippen molar-refractivity contribution in [2.75, 3.05) is 7.11 Å². The fourth-order valence-corrected chi connectivity index (χ4v) is 5.67. The number of nitrogens with one attached hydrogen (secondary N) is 2. The summed E-state index contributed by atoms with van der Waals surface area (Å²) in [6, 6.07) is -1.59. The molecular weight excluding hydrogens is 434 g/mol. The number of rotatable bonds is 11. The predicted molar refractivity (Wildman–Crippen MR) is 132 cm³/mol. The standard InChI is InChI=1S/C26H47N3O5/c1-16(2)21(24(32)34-5)28-25(33)26(17(3)4,29-23(31)19-13-9-10-14-19)22(30)20(27)15-18-11-7-6-8-12-18/h16-22,30H,6-15,27H2,1-5H3,(H,28,33)(H,29,31)/t20-,21?,22-,26?/m1/s1. The van der Waals surface area contributed by atoms with Gasteiger partial charge in [-0.2, -0.15) is 0 Å². The Kier molecular flexibility index (Phi) is 10.8. The summed E-state index contributed by atoms with van der Waals surface area (Å²) in [5.41, 5.74) is 4.88. The van der Waals surface area contributed by atoms with E-state index in [-0.39, 0.29) is 17.7 Å². The number of hydrogen-bond acceptors (Lipinski definition) is 6. The lowest BCUT2D eigenvalue weighted by Gasteiger charge is -2.44. The lowest BCUT2D eigenvalue weighted by molar-refractivity contribution is -0.151. The topological polar surface area (TPSA) is 131 Å². The van der Waals surface area contributed by atoms with Crippen molar-refractivity contribution < 1.29 is 24.2 Å². The van der Waals surface area contributed by atoms with E-state index in [1.807, 2.05) is 0 Å². The highest BCUT2D eigenvalue weighted by Gasteiger charge is 2.53. The summed E-state index contributed by atoms with van der Waals surface area (Å²) in [5.74, 6) is -1.88. The van der Waals surface area contributed by atoms with Crippen molar-refractivity contribution in [1.82, 2.24) is 10.6 Å². The monoisotopic (exact) mass is 481 g/mol. The van der Waals surface area contributed by atoms with Crippen LogP contribution in [-0.4, -0.2) is 53.7 Å². The smallest absolute Gasteiger partial charge is 0.328 e. The average molecular weight is 482 g/mol. The predicted octanol–water partition coefficient (Wildman–Crippen LogP) is 2.66. The van der Waals surface area contributed by atoms with Crippen molar-refractivity contribution in [1.29, 1.82) is 0 Å². The van der Waals surface area contributed by atoms with Crippen molar-refractivity contribution in [2.45, 2.75) is 116 Å². The van der Waals surface area contributed by atoms with Crippen LogP contribution in [0, 0.1) is 23.7 Å². The van der Waals surface area contributed by atoms with E-state index in [1.165, 1.54) is 13.5 Å². The van der Waals surface area contributed by atoms with Gasteiger partial charge in [0.25, 0.3) is 0 Å². The van der Waals surface area contributed by atoms with Crippen LogP contribution in [0.2, 0.25) is 0 Å². The van der Waals surface area contributed by atoms with E-state index >= 15 is 0 Å². The highest BCUT2D eigenvalue weighted by atomic mass is 16.5. The minimum Gasteiger partial charge on any atom is -0.467 e. The van der Waals surface area contributed by atoms with Gasteiger partial charge in [-0.15, -0.1) is 0 Å². The summed E-state index contributed by atoms with van der Waals surface area (Å²) in [5, 5.41) is 17.4. The third kappa shape index (κ3) is 6.72. The molecule has 0 heterocycles. The summed E-state index contributed by atoms with van der Waals surface area (Å²) in [6.45, 7) is 7.21. The van der Waals surface area contributed by atoms with Crippen LogP contribution in [-0.2, 0) is 19.1 Å². The van der Waals surface area contributed by atoms with Gasteiger partial charge in [-0.3, -0.25) is 9.59 Å². The second-order valence-corrected chi connectivity index (χ2v) is 11.1. The van der Waals surface area contributed by atoms with E-state index in [0.29, 0.717) is 12.3 Å².